The number of fused-ring (bicyclic) bond motifs is 11. The molecule has 0 saturated heterocycles. The Labute approximate surface area is 212 Å². The highest BCUT2D eigenvalue weighted by Crippen LogP contribution is 2.55. The van der Waals surface area contributed by atoms with Crippen molar-refractivity contribution in [2.75, 3.05) is 4.90 Å². The van der Waals surface area contributed by atoms with Gasteiger partial charge in [-0.05, 0) is 36.8 Å². The first-order valence-corrected chi connectivity index (χ1v) is 13.0. The van der Waals surface area contributed by atoms with E-state index in [-0.39, 0.29) is 0 Å². The largest absolute Gasteiger partial charge is 0.455 e. The molecule has 8 rings (SSSR count). The van der Waals surface area contributed by atoms with Gasteiger partial charge in [0.25, 0.3) is 0 Å². The van der Waals surface area contributed by atoms with Crippen LogP contribution in [0.4, 0.5) is 11.4 Å². The number of thiophene rings is 1. The first kappa shape index (κ1) is 19.9. The summed E-state index contributed by atoms with van der Waals surface area (Å²) in [5, 5.41) is 4.86. The van der Waals surface area contributed by atoms with E-state index < -0.39 is 0 Å². The Hall–Kier alpha value is -4.34. The van der Waals surface area contributed by atoms with E-state index in [0.29, 0.717) is 0 Å². The number of hydrogen-bond acceptors (Lipinski definition) is 3. The maximum Gasteiger partial charge on any atom is 0.143 e. The third kappa shape index (κ3) is 2.50. The number of furan rings is 1. The fourth-order valence-electron chi connectivity index (χ4n) is 5.83. The molecule has 0 spiro atoms. The maximum atomic E-state index is 6.54. The number of benzene rings is 5. The van der Waals surface area contributed by atoms with Crippen molar-refractivity contribution in [3.05, 3.63) is 115 Å². The van der Waals surface area contributed by atoms with Crippen LogP contribution in [0.5, 0.6) is 0 Å². The minimum absolute atomic E-state index is 0.914. The Morgan fingerprint density at radius 3 is 2.31 bits per heavy atom. The lowest BCUT2D eigenvalue weighted by atomic mass is 9.88. The summed E-state index contributed by atoms with van der Waals surface area (Å²) in [6, 6.07) is 34.5. The predicted molar refractivity (Wildman–Crippen MR) is 154 cm³/mol. The summed E-state index contributed by atoms with van der Waals surface area (Å²) >= 11 is 1.85. The zero-order valence-corrected chi connectivity index (χ0v) is 20.5. The summed E-state index contributed by atoms with van der Waals surface area (Å²) in [5.74, 6) is 0. The van der Waals surface area contributed by atoms with Crippen LogP contribution in [-0.4, -0.2) is 0 Å². The van der Waals surface area contributed by atoms with Crippen LogP contribution in [0.15, 0.2) is 108 Å². The lowest BCUT2D eigenvalue weighted by Crippen LogP contribution is -2.20. The fraction of sp³-hybridized carbons (Fsp3) is 0.0303. The fourth-order valence-corrected chi connectivity index (χ4v) is 7.07. The number of anilines is 2. The van der Waals surface area contributed by atoms with Gasteiger partial charge in [0, 0.05) is 54.3 Å². The number of hydrogen-bond donors (Lipinski definition) is 0. The summed E-state index contributed by atoms with van der Waals surface area (Å²) in [6.45, 7) is 6.84. The summed E-state index contributed by atoms with van der Waals surface area (Å²) in [6.07, 6.45) is 0. The summed E-state index contributed by atoms with van der Waals surface area (Å²) in [5.41, 5.74) is 9.81. The third-order valence-electron chi connectivity index (χ3n) is 7.50. The second-order valence-corrected chi connectivity index (χ2v) is 10.5. The van der Waals surface area contributed by atoms with Gasteiger partial charge in [-0.1, -0.05) is 79.4 Å². The molecular formula is C33H21NOS. The van der Waals surface area contributed by atoms with E-state index in [4.69, 9.17) is 4.42 Å². The predicted octanol–water partition coefficient (Wildman–Crippen LogP) is 10.1. The van der Waals surface area contributed by atoms with E-state index in [1.165, 1.54) is 37.0 Å². The molecule has 3 heterocycles. The lowest BCUT2D eigenvalue weighted by molar-refractivity contribution is 0.670. The van der Waals surface area contributed by atoms with Crippen molar-refractivity contribution in [1.29, 1.82) is 0 Å². The van der Waals surface area contributed by atoms with Gasteiger partial charge in [0.1, 0.15) is 11.2 Å². The summed E-state index contributed by atoms with van der Waals surface area (Å²) in [4.78, 5) is 2.36. The van der Waals surface area contributed by atoms with Gasteiger partial charge in [0.15, 0.2) is 0 Å². The molecule has 7 aromatic rings. The van der Waals surface area contributed by atoms with Gasteiger partial charge in [-0.3, -0.25) is 0 Å². The topological polar surface area (TPSA) is 16.4 Å². The number of rotatable bonds is 1. The van der Waals surface area contributed by atoms with E-state index in [2.05, 4.69) is 109 Å². The molecule has 0 N–H and O–H groups in total. The van der Waals surface area contributed by atoms with Crippen LogP contribution in [0, 0.1) is 6.92 Å². The Morgan fingerprint density at radius 2 is 1.42 bits per heavy atom. The molecule has 0 saturated carbocycles. The molecule has 0 atom stereocenters. The van der Waals surface area contributed by atoms with Crippen molar-refractivity contribution in [3.63, 3.8) is 0 Å². The molecule has 2 nitrogen and oxygen atoms in total. The van der Waals surface area contributed by atoms with Gasteiger partial charge in [0.2, 0.25) is 0 Å². The van der Waals surface area contributed by atoms with Crippen molar-refractivity contribution >= 4 is 70.5 Å². The Balaban J connectivity index is 1.56. The van der Waals surface area contributed by atoms with Crippen molar-refractivity contribution < 1.29 is 4.42 Å². The molecule has 3 heteroatoms. The van der Waals surface area contributed by atoms with Crippen molar-refractivity contribution in [2.45, 2.75) is 6.92 Å². The molecule has 0 radical (unpaired) electrons. The maximum absolute atomic E-state index is 6.54. The molecule has 1 aliphatic heterocycles. The molecule has 2 aromatic heterocycles. The molecule has 5 aromatic carbocycles. The Kier molecular flexibility index (Phi) is 3.92. The van der Waals surface area contributed by atoms with Crippen LogP contribution in [0.2, 0.25) is 0 Å². The average molecular weight is 480 g/mol. The van der Waals surface area contributed by atoms with Gasteiger partial charge < -0.3 is 9.32 Å². The highest BCUT2D eigenvalue weighted by molar-refractivity contribution is 7.26. The summed E-state index contributed by atoms with van der Waals surface area (Å²) < 4.78 is 9.11. The SMILES string of the molecule is C=C1c2ccc3c(oc4ccccc43)c2-c2ccc3c(sc4ccccc43)c2N1c1ccccc1C. The first-order chi connectivity index (χ1) is 17.7. The van der Waals surface area contributed by atoms with Crippen LogP contribution in [0.3, 0.4) is 0 Å². The third-order valence-corrected chi connectivity index (χ3v) is 8.69. The van der Waals surface area contributed by atoms with Crippen molar-refractivity contribution in [2.24, 2.45) is 0 Å². The zero-order valence-electron chi connectivity index (χ0n) is 19.7. The van der Waals surface area contributed by atoms with Crippen LogP contribution in [-0.2, 0) is 0 Å². The second kappa shape index (κ2) is 7.09. The molecule has 0 fully saturated rings. The average Bonchev–Trinajstić information content (AvgIpc) is 3.48. The van der Waals surface area contributed by atoms with Gasteiger partial charge in [0.05, 0.1) is 10.4 Å². The van der Waals surface area contributed by atoms with E-state index in [1.807, 2.05) is 17.4 Å². The monoisotopic (exact) mass is 479 g/mol. The second-order valence-electron chi connectivity index (χ2n) is 9.47. The molecule has 1 aliphatic rings. The molecule has 36 heavy (non-hydrogen) atoms. The first-order valence-electron chi connectivity index (χ1n) is 12.1. The van der Waals surface area contributed by atoms with Crippen molar-refractivity contribution in [1.82, 2.24) is 0 Å². The van der Waals surface area contributed by atoms with Gasteiger partial charge in [-0.2, -0.15) is 0 Å². The number of para-hydroxylation sites is 2. The molecule has 0 bridgehead atoms. The van der Waals surface area contributed by atoms with E-state index >= 15 is 0 Å². The minimum atomic E-state index is 0.914. The molecule has 0 unspecified atom stereocenters. The van der Waals surface area contributed by atoms with Gasteiger partial charge >= 0.3 is 0 Å². The summed E-state index contributed by atoms with van der Waals surface area (Å²) in [7, 11) is 0. The molecule has 0 aliphatic carbocycles. The van der Waals surface area contributed by atoms with Crippen LogP contribution >= 0.6 is 11.3 Å². The number of nitrogens with zero attached hydrogens (tertiary/aromatic N) is 1. The highest BCUT2D eigenvalue weighted by atomic mass is 32.1. The molecule has 170 valence electrons. The Bertz CT molecular complexity index is 2040. The van der Waals surface area contributed by atoms with Crippen molar-refractivity contribution in [3.8, 4) is 11.1 Å². The zero-order chi connectivity index (χ0) is 24.0. The smallest absolute Gasteiger partial charge is 0.143 e. The van der Waals surface area contributed by atoms with Gasteiger partial charge in [-0.15, -0.1) is 11.3 Å². The minimum Gasteiger partial charge on any atom is -0.455 e. The van der Waals surface area contributed by atoms with E-state index in [1.54, 1.807) is 0 Å². The number of aryl methyl sites for hydroxylation is 1. The Morgan fingerprint density at radius 1 is 0.694 bits per heavy atom. The standard InChI is InChI=1S/C33H21NOS/c1-19-9-3-6-12-27(19)34-20(2)21-15-16-24-22-10-4-7-13-28(22)35-32(24)30(21)26-18-17-25-23-11-5-8-14-29(23)36-33(25)31(26)34/h3-18H,2H2,1H3. The highest BCUT2D eigenvalue weighted by Gasteiger charge is 2.32. The van der Waals surface area contributed by atoms with Crippen LogP contribution in [0.1, 0.15) is 11.1 Å². The van der Waals surface area contributed by atoms with E-state index in [0.717, 1.165) is 44.4 Å². The molecular weight excluding hydrogens is 458 g/mol. The van der Waals surface area contributed by atoms with Gasteiger partial charge in [-0.25, -0.2) is 0 Å². The molecule has 0 amide bonds. The van der Waals surface area contributed by atoms with Crippen LogP contribution < -0.4 is 4.90 Å². The lowest BCUT2D eigenvalue weighted by Gasteiger charge is -2.36. The van der Waals surface area contributed by atoms with E-state index in [9.17, 15) is 0 Å². The normalized spacial score (nSPS) is 13.1. The quantitative estimate of drug-likeness (QED) is 0.233. The van der Waals surface area contributed by atoms with Crippen LogP contribution in [0.25, 0.3) is 58.9 Å².